The third kappa shape index (κ3) is 4.60. The summed E-state index contributed by atoms with van der Waals surface area (Å²) in [6.07, 6.45) is 1.29. The fraction of sp³-hybridized carbons (Fsp3) is 0.0556. The molecule has 1 aliphatic heterocycles. The molecular formula is C18H11Cl3N2O4. The number of halogens is 3. The van der Waals surface area contributed by atoms with E-state index in [0.29, 0.717) is 31.9 Å². The van der Waals surface area contributed by atoms with Crippen LogP contribution in [0.5, 0.6) is 5.75 Å². The number of amides is 4. The molecular weight excluding hydrogens is 415 g/mol. The average molecular weight is 426 g/mol. The number of urea groups is 1. The van der Waals surface area contributed by atoms with Crippen molar-refractivity contribution in [2.24, 2.45) is 0 Å². The van der Waals surface area contributed by atoms with E-state index in [0.717, 1.165) is 0 Å². The zero-order valence-electron chi connectivity index (χ0n) is 13.5. The van der Waals surface area contributed by atoms with Crippen molar-refractivity contribution in [3.05, 3.63) is 68.2 Å². The highest BCUT2D eigenvalue weighted by molar-refractivity contribution is 6.35. The minimum atomic E-state index is -0.873. The predicted molar refractivity (Wildman–Crippen MR) is 102 cm³/mol. The van der Waals surface area contributed by atoms with Gasteiger partial charge in [0.15, 0.2) is 0 Å². The molecule has 0 saturated carbocycles. The maximum Gasteiger partial charge on any atom is 0.328 e. The number of hydrogen-bond donors (Lipinski definition) is 2. The Kier molecular flexibility index (Phi) is 5.70. The van der Waals surface area contributed by atoms with Crippen LogP contribution < -0.4 is 15.4 Å². The number of rotatable bonds is 4. The third-order valence-corrected chi connectivity index (χ3v) is 4.44. The van der Waals surface area contributed by atoms with Crippen molar-refractivity contribution in [1.29, 1.82) is 0 Å². The van der Waals surface area contributed by atoms with Crippen LogP contribution in [-0.2, 0) is 16.2 Å². The number of ether oxygens (including phenoxy) is 1. The molecule has 0 aliphatic carbocycles. The summed E-state index contributed by atoms with van der Waals surface area (Å²) in [7, 11) is 0. The molecule has 1 saturated heterocycles. The Morgan fingerprint density at radius 2 is 1.52 bits per heavy atom. The number of imide groups is 2. The Bertz CT molecular complexity index is 967. The van der Waals surface area contributed by atoms with Gasteiger partial charge >= 0.3 is 6.03 Å². The van der Waals surface area contributed by atoms with Crippen LogP contribution in [0.1, 0.15) is 11.1 Å². The summed E-state index contributed by atoms with van der Waals surface area (Å²) in [4.78, 5) is 35.0. The van der Waals surface area contributed by atoms with Crippen LogP contribution in [0.3, 0.4) is 0 Å². The lowest BCUT2D eigenvalue weighted by Crippen LogP contribution is -2.51. The molecule has 1 aliphatic rings. The number of benzene rings is 2. The van der Waals surface area contributed by atoms with Gasteiger partial charge in [0.05, 0.1) is 0 Å². The van der Waals surface area contributed by atoms with Crippen LogP contribution in [0.25, 0.3) is 6.08 Å². The van der Waals surface area contributed by atoms with Gasteiger partial charge in [-0.15, -0.1) is 0 Å². The highest BCUT2D eigenvalue weighted by atomic mass is 35.5. The monoisotopic (exact) mass is 424 g/mol. The number of nitrogens with one attached hydrogen (secondary N) is 2. The van der Waals surface area contributed by atoms with Gasteiger partial charge in [-0.3, -0.25) is 20.2 Å². The predicted octanol–water partition coefficient (Wildman–Crippen LogP) is 3.98. The summed E-state index contributed by atoms with van der Waals surface area (Å²) in [6.45, 7) is 0.130. The summed E-state index contributed by atoms with van der Waals surface area (Å²) in [5.41, 5.74) is 0.849. The van der Waals surface area contributed by atoms with Crippen molar-refractivity contribution in [2.45, 2.75) is 6.61 Å². The van der Waals surface area contributed by atoms with E-state index in [9.17, 15) is 14.4 Å². The lowest BCUT2D eigenvalue weighted by molar-refractivity contribution is -0.123. The number of carbonyl (C=O) groups excluding carboxylic acids is 3. The molecule has 1 fully saturated rings. The molecule has 138 valence electrons. The van der Waals surface area contributed by atoms with Gasteiger partial charge in [-0.1, -0.05) is 40.9 Å². The molecule has 0 bridgehead atoms. The Labute approximate surface area is 169 Å². The molecule has 0 spiro atoms. The van der Waals surface area contributed by atoms with Crippen molar-refractivity contribution in [2.75, 3.05) is 0 Å². The molecule has 2 N–H and O–H groups in total. The van der Waals surface area contributed by atoms with Gasteiger partial charge < -0.3 is 4.74 Å². The second-order valence-electron chi connectivity index (χ2n) is 5.50. The van der Waals surface area contributed by atoms with E-state index in [1.54, 1.807) is 30.3 Å². The molecule has 27 heavy (non-hydrogen) atoms. The maximum absolute atomic E-state index is 11.9. The van der Waals surface area contributed by atoms with E-state index < -0.39 is 17.8 Å². The Morgan fingerprint density at radius 1 is 0.889 bits per heavy atom. The lowest BCUT2D eigenvalue weighted by atomic mass is 10.1. The first kappa shape index (κ1) is 19.2. The number of barbiturate groups is 1. The Morgan fingerprint density at radius 3 is 2.19 bits per heavy atom. The number of carbonyl (C=O) groups is 3. The standard InChI is InChI=1S/C18H11Cl3N2O4/c19-11-3-4-15(27-8-9-1-2-12(20)7-14(9)21)10(5-11)6-13-16(24)22-18(26)23-17(13)25/h1-7H,8H2,(H2,22,23,24,25,26). The SMILES string of the molecule is O=C1NC(=O)C(=Cc2cc(Cl)ccc2OCc2ccc(Cl)cc2Cl)C(=O)N1. The molecule has 4 amide bonds. The van der Waals surface area contributed by atoms with E-state index in [-0.39, 0.29) is 12.2 Å². The fourth-order valence-electron chi connectivity index (χ4n) is 2.32. The average Bonchev–Trinajstić information content (AvgIpc) is 2.58. The van der Waals surface area contributed by atoms with E-state index >= 15 is 0 Å². The van der Waals surface area contributed by atoms with Crippen LogP contribution in [0.2, 0.25) is 15.1 Å². The third-order valence-electron chi connectivity index (χ3n) is 3.61. The van der Waals surface area contributed by atoms with Gasteiger partial charge in [-0.25, -0.2) is 4.79 Å². The highest BCUT2D eigenvalue weighted by Crippen LogP contribution is 2.28. The Balaban J connectivity index is 1.89. The summed E-state index contributed by atoms with van der Waals surface area (Å²) >= 11 is 18.0. The van der Waals surface area contributed by atoms with Crippen molar-refractivity contribution in [3.8, 4) is 5.75 Å². The molecule has 0 unspecified atom stereocenters. The van der Waals surface area contributed by atoms with Gasteiger partial charge in [0.2, 0.25) is 0 Å². The summed E-state index contributed by atoms with van der Waals surface area (Å²) in [6, 6.07) is 8.87. The van der Waals surface area contributed by atoms with Crippen molar-refractivity contribution < 1.29 is 19.1 Å². The van der Waals surface area contributed by atoms with E-state index in [1.165, 1.54) is 12.1 Å². The normalized spacial score (nSPS) is 13.9. The molecule has 0 atom stereocenters. The molecule has 6 nitrogen and oxygen atoms in total. The van der Waals surface area contributed by atoms with Gasteiger partial charge in [-0.2, -0.15) is 0 Å². The van der Waals surface area contributed by atoms with Crippen molar-refractivity contribution in [3.63, 3.8) is 0 Å². The van der Waals surface area contributed by atoms with Crippen LogP contribution in [0.15, 0.2) is 42.0 Å². The first-order valence-electron chi connectivity index (χ1n) is 7.58. The molecule has 2 aromatic carbocycles. The van der Waals surface area contributed by atoms with Crippen LogP contribution >= 0.6 is 34.8 Å². The first-order valence-corrected chi connectivity index (χ1v) is 8.71. The molecule has 9 heteroatoms. The smallest absolute Gasteiger partial charge is 0.328 e. The molecule has 0 radical (unpaired) electrons. The summed E-state index contributed by atoms with van der Waals surface area (Å²) < 4.78 is 5.77. The maximum atomic E-state index is 11.9. The van der Waals surface area contributed by atoms with Crippen LogP contribution in [0.4, 0.5) is 4.79 Å². The second kappa shape index (κ2) is 8.00. The van der Waals surface area contributed by atoms with E-state index in [4.69, 9.17) is 39.5 Å². The zero-order valence-corrected chi connectivity index (χ0v) is 15.8. The topological polar surface area (TPSA) is 84.5 Å². The molecule has 1 heterocycles. The fourth-order valence-corrected chi connectivity index (χ4v) is 2.96. The van der Waals surface area contributed by atoms with Crippen molar-refractivity contribution in [1.82, 2.24) is 10.6 Å². The summed E-state index contributed by atoms with van der Waals surface area (Å²) in [5.74, 6) is -1.25. The molecule has 3 rings (SSSR count). The minimum absolute atomic E-state index is 0.130. The molecule has 0 aromatic heterocycles. The highest BCUT2D eigenvalue weighted by Gasteiger charge is 2.28. The van der Waals surface area contributed by atoms with Crippen LogP contribution in [0, 0.1) is 0 Å². The van der Waals surface area contributed by atoms with Crippen LogP contribution in [-0.4, -0.2) is 17.8 Å². The zero-order chi connectivity index (χ0) is 19.6. The second-order valence-corrected chi connectivity index (χ2v) is 6.78. The molecule has 2 aromatic rings. The van der Waals surface area contributed by atoms with Gasteiger partial charge in [0, 0.05) is 26.2 Å². The van der Waals surface area contributed by atoms with E-state index in [2.05, 4.69) is 0 Å². The number of hydrogen-bond acceptors (Lipinski definition) is 4. The van der Waals surface area contributed by atoms with E-state index in [1.807, 2.05) is 10.6 Å². The lowest BCUT2D eigenvalue weighted by Gasteiger charge is -2.15. The van der Waals surface area contributed by atoms with Gasteiger partial charge in [0.25, 0.3) is 11.8 Å². The largest absolute Gasteiger partial charge is 0.488 e. The summed E-state index contributed by atoms with van der Waals surface area (Å²) in [5, 5.41) is 5.34. The quantitative estimate of drug-likeness (QED) is 0.573. The first-order chi connectivity index (χ1) is 12.8. The van der Waals surface area contributed by atoms with Gasteiger partial charge in [0.1, 0.15) is 17.9 Å². The Hall–Kier alpha value is -2.54. The van der Waals surface area contributed by atoms with Crippen molar-refractivity contribution >= 4 is 58.7 Å². The van der Waals surface area contributed by atoms with Gasteiger partial charge in [-0.05, 0) is 36.4 Å². The minimum Gasteiger partial charge on any atom is -0.488 e.